The second-order valence-corrected chi connectivity index (χ2v) is 3.54. The van der Waals surface area contributed by atoms with Crippen molar-refractivity contribution in [3.8, 4) is 0 Å². The number of hydrogen-bond acceptors (Lipinski definition) is 3. The molecule has 0 aliphatic heterocycles. The lowest BCUT2D eigenvalue weighted by Gasteiger charge is -1.97. The standard InChI is InChI=1S/C12H15N3O/c1-2-4-9-5-3-6-10-11(9)15-12(14-10)13-7-8-16/h2-3,5-6,16H,1,4,7-8H2,(H2,13,14,15). The summed E-state index contributed by atoms with van der Waals surface area (Å²) in [6.07, 6.45) is 2.67. The number of rotatable bonds is 5. The molecule has 1 aromatic carbocycles. The number of H-pyrrole nitrogens is 1. The van der Waals surface area contributed by atoms with E-state index in [0.29, 0.717) is 12.5 Å². The molecule has 4 heteroatoms. The van der Waals surface area contributed by atoms with Crippen LogP contribution in [0.4, 0.5) is 5.95 Å². The van der Waals surface area contributed by atoms with E-state index in [-0.39, 0.29) is 6.61 Å². The van der Waals surface area contributed by atoms with Crippen molar-refractivity contribution < 1.29 is 5.11 Å². The molecule has 0 aliphatic carbocycles. The summed E-state index contributed by atoms with van der Waals surface area (Å²) < 4.78 is 0. The quantitative estimate of drug-likeness (QED) is 0.668. The van der Waals surface area contributed by atoms with Gasteiger partial charge < -0.3 is 15.4 Å². The average Bonchev–Trinajstić information content (AvgIpc) is 2.70. The normalized spacial score (nSPS) is 10.6. The molecule has 3 N–H and O–H groups in total. The van der Waals surface area contributed by atoms with Crippen LogP contribution in [0.5, 0.6) is 0 Å². The highest BCUT2D eigenvalue weighted by Crippen LogP contribution is 2.19. The van der Waals surface area contributed by atoms with Gasteiger partial charge in [-0.25, -0.2) is 4.98 Å². The third kappa shape index (κ3) is 2.06. The largest absolute Gasteiger partial charge is 0.395 e. The van der Waals surface area contributed by atoms with Gasteiger partial charge in [0.2, 0.25) is 5.95 Å². The minimum Gasteiger partial charge on any atom is -0.395 e. The number of allylic oxidation sites excluding steroid dienone is 1. The van der Waals surface area contributed by atoms with Gasteiger partial charge in [-0.1, -0.05) is 18.2 Å². The van der Waals surface area contributed by atoms with E-state index in [2.05, 4.69) is 21.9 Å². The van der Waals surface area contributed by atoms with Gasteiger partial charge in [-0.15, -0.1) is 6.58 Å². The Morgan fingerprint density at radius 1 is 1.50 bits per heavy atom. The van der Waals surface area contributed by atoms with E-state index in [1.54, 1.807) is 0 Å². The topological polar surface area (TPSA) is 60.9 Å². The summed E-state index contributed by atoms with van der Waals surface area (Å²) in [7, 11) is 0. The molecule has 16 heavy (non-hydrogen) atoms. The number of nitrogens with one attached hydrogen (secondary N) is 2. The van der Waals surface area contributed by atoms with Gasteiger partial charge in [0.25, 0.3) is 0 Å². The molecule has 0 aliphatic rings. The number of anilines is 1. The van der Waals surface area contributed by atoms with Crippen LogP contribution < -0.4 is 5.32 Å². The fraction of sp³-hybridized carbons (Fsp3) is 0.250. The number of nitrogens with zero attached hydrogens (tertiary/aromatic N) is 1. The number of aliphatic hydroxyl groups is 1. The molecule has 1 aromatic heterocycles. The zero-order valence-corrected chi connectivity index (χ0v) is 9.03. The minimum atomic E-state index is 0.0938. The van der Waals surface area contributed by atoms with Gasteiger partial charge in [0.15, 0.2) is 0 Å². The lowest BCUT2D eigenvalue weighted by Crippen LogP contribution is -2.06. The van der Waals surface area contributed by atoms with Crippen molar-refractivity contribution in [1.29, 1.82) is 0 Å². The van der Waals surface area contributed by atoms with Gasteiger partial charge >= 0.3 is 0 Å². The molecule has 2 rings (SSSR count). The molecule has 0 fully saturated rings. The Balaban J connectivity index is 2.36. The third-order valence-corrected chi connectivity index (χ3v) is 2.36. The van der Waals surface area contributed by atoms with Crippen LogP contribution in [0.25, 0.3) is 11.0 Å². The number of benzene rings is 1. The molecule has 0 atom stereocenters. The van der Waals surface area contributed by atoms with Crippen LogP contribution in [0, 0.1) is 0 Å². The molecule has 0 spiro atoms. The Labute approximate surface area is 94.0 Å². The van der Waals surface area contributed by atoms with Gasteiger partial charge in [-0.05, 0) is 18.1 Å². The van der Waals surface area contributed by atoms with Crippen molar-refractivity contribution >= 4 is 17.0 Å². The van der Waals surface area contributed by atoms with Crippen molar-refractivity contribution in [2.24, 2.45) is 0 Å². The smallest absolute Gasteiger partial charge is 0.201 e. The molecular formula is C12H15N3O. The maximum Gasteiger partial charge on any atom is 0.201 e. The summed E-state index contributed by atoms with van der Waals surface area (Å²) in [5.41, 5.74) is 3.11. The maximum absolute atomic E-state index is 8.72. The number of aromatic nitrogens is 2. The van der Waals surface area contributed by atoms with Crippen LogP contribution >= 0.6 is 0 Å². The van der Waals surface area contributed by atoms with E-state index >= 15 is 0 Å². The highest BCUT2D eigenvalue weighted by Gasteiger charge is 2.05. The Bertz CT molecular complexity index is 490. The zero-order chi connectivity index (χ0) is 11.4. The number of aliphatic hydroxyl groups excluding tert-OH is 1. The van der Waals surface area contributed by atoms with Crippen molar-refractivity contribution in [3.63, 3.8) is 0 Å². The lowest BCUT2D eigenvalue weighted by atomic mass is 10.1. The molecule has 0 saturated heterocycles. The number of aromatic amines is 1. The fourth-order valence-electron chi connectivity index (χ4n) is 1.67. The summed E-state index contributed by atoms with van der Waals surface area (Å²) in [4.78, 5) is 7.60. The van der Waals surface area contributed by atoms with E-state index in [0.717, 1.165) is 23.0 Å². The SMILES string of the molecule is C=CCc1cccc2[nH]c(NCCO)nc12. The van der Waals surface area contributed by atoms with Crippen LogP contribution in [-0.4, -0.2) is 28.2 Å². The maximum atomic E-state index is 8.72. The van der Waals surface area contributed by atoms with Crippen molar-refractivity contribution in [3.05, 3.63) is 36.4 Å². The number of imidazole rings is 1. The first-order valence-electron chi connectivity index (χ1n) is 5.28. The lowest BCUT2D eigenvalue weighted by molar-refractivity contribution is 0.311. The molecule has 0 saturated carbocycles. The monoisotopic (exact) mass is 217 g/mol. The second-order valence-electron chi connectivity index (χ2n) is 3.54. The summed E-state index contributed by atoms with van der Waals surface area (Å²) in [5, 5.41) is 11.7. The summed E-state index contributed by atoms with van der Waals surface area (Å²) >= 11 is 0. The molecule has 0 unspecified atom stereocenters. The van der Waals surface area contributed by atoms with Gasteiger partial charge in [-0.2, -0.15) is 0 Å². The summed E-state index contributed by atoms with van der Waals surface area (Å²) in [5.74, 6) is 0.695. The van der Waals surface area contributed by atoms with Crippen molar-refractivity contribution in [2.45, 2.75) is 6.42 Å². The van der Waals surface area contributed by atoms with E-state index in [1.807, 2.05) is 24.3 Å². The second kappa shape index (κ2) is 4.81. The molecule has 4 nitrogen and oxygen atoms in total. The first kappa shape index (κ1) is 10.7. The molecule has 0 amide bonds. The van der Waals surface area contributed by atoms with Crippen molar-refractivity contribution in [2.75, 3.05) is 18.5 Å². The average molecular weight is 217 g/mol. The van der Waals surface area contributed by atoms with Gasteiger partial charge in [0.1, 0.15) is 0 Å². The highest BCUT2D eigenvalue weighted by atomic mass is 16.3. The van der Waals surface area contributed by atoms with Gasteiger partial charge in [-0.3, -0.25) is 0 Å². The predicted octanol–water partition coefficient (Wildman–Crippen LogP) is 1.70. The number of hydrogen-bond donors (Lipinski definition) is 3. The summed E-state index contributed by atoms with van der Waals surface area (Å²) in [6, 6.07) is 6.02. The third-order valence-electron chi connectivity index (χ3n) is 2.36. The predicted molar refractivity (Wildman–Crippen MR) is 65.6 cm³/mol. The van der Waals surface area contributed by atoms with Crippen LogP contribution in [0.2, 0.25) is 0 Å². The molecule has 0 radical (unpaired) electrons. The van der Waals surface area contributed by atoms with Crippen LogP contribution in [0.3, 0.4) is 0 Å². The Morgan fingerprint density at radius 2 is 2.38 bits per heavy atom. The van der Waals surface area contributed by atoms with Gasteiger partial charge in [0, 0.05) is 6.54 Å². The van der Waals surface area contributed by atoms with Crippen molar-refractivity contribution in [1.82, 2.24) is 9.97 Å². The fourth-order valence-corrected chi connectivity index (χ4v) is 1.67. The van der Waals surface area contributed by atoms with E-state index in [4.69, 9.17) is 5.11 Å². The Hall–Kier alpha value is -1.81. The summed E-state index contributed by atoms with van der Waals surface area (Å²) in [6.45, 7) is 4.32. The first-order chi connectivity index (χ1) is 7.85. The zero-order valence-electron chi connectivity index (χ0n) is 9.03. The first-order valence-corrected chi connectivity index (χ1v) is 5.28. The Morgan fingerprint density at radius 3 is 3.12 bits per heavy atom. The van der Waals surface area contributed by atoms with E-state index in [9.17, 15) is 0 Å². The molecule has 0 bridgehead atoms. The van der Waals surface area contributed by atoms with Gasteiger partial charge in [0.05, 0.1) is 17.6 Å². The van der Waals surface area contributed by atoms with E-state index in [1.165, 1.54) is 0 Å². The minimum absolute atomic E-state index is 0.0938. The number of fused-ring (bicyclic) bond motifs is 1. The van der Waals surface area contributed by atoms with E-state index < -0.39 is 0 Å². The van der Waals surface area contributed by atoms with Crippen LogP contribution in [0.15, 0.2) is 30.9 Å². The molecular weight excluding hydrogens is 202 g/mol. The highest BCUT2D eigenvalue weighted by molar-refractivity contribution is 5.81. The number of para-hydroxylation sites is 1. The molecule has 1 heterocycles. The Kier molecular flexibility index (Phi) is 3.22. The van der Waals surface area contributed by atoms with Crippen LogP contribution in [0.1, 0.15) is 5.56 Å². The van der Waals surface area contributed by atoms with Crippen LogP contribution in [-0.2, 0) is 6.42 Å². The molecule has 2 aromatic rings. The molecule has 84 valence electrons.